The highest BCUT2D eigenvalue weighted by atomic mass is 32.2. The molecular formula is C21H22N2O2S. The van der Waals surface area contributed by atoms with Gasteiger partial charge < -0.3 is 9.80 Å². The predicted molar refractivity (Wildman–Crippen MR) is 106 cm³/mol. The van der Waals surface area contributed by atoms with Crippen LogP contribution in [0.25, 0.3) is 5.70 Å². The first-order valence-electron chi connectivity index (χ1n) is 8.68. The van der Waals surface area contributed by atoms with Crippen LogP contribution < -0.4 is 0 Å². The van der Waals surface area contributed by atoms with Crippen molar-refractivity contribution in [2.24, 2.45) is 0 Å². The molecule has 0 N–H and O–H groups in total. The third-order valence-electron chi connectivity index (χ3n) is 4.31. The molecule has 2 aromatic carbocycles. The number of nitrogens with zero attached hydrogens (tertiary/aromatic N) is 2. The lowest BCUT2D eigenvalue weighted by atomic mass is 10.1. The van der Waals surface area contributed by atoms with Gasteiger partial charge in [-0.15, -0.1) is 11.8 Å². The van der Waals surface area contributed by atoms with Crippen LogP contribution in [0, 0.1) is 0 Å². The lowest BCUT2D eigenvalue weighted by molar-refractivity contribution is -0.137. The zero-order chi connectivity index (χ0) is 18.4. The largest absolute Gasteiger partial charge is 0.337 e. The highest BCUT2D eigenvalue weighted by molar-refractivity contribution is 8.03. The van der Waals surface area contributed by atoms with Gasteiger partial charge in [-0.25, -0.2) is 0 Å². The maximum atomic E-state index is 12.9. The van der Waals surface area contributed by atoms with Gasteiger partial charge in [0.1, 0.15) is 6.54 Å². The highest BCUT2D eigenvalue weighted by Gasteiger charge is 2.27. The van der Waals surface area contributed by atoms with Crippen LogP contribution in [-0.4, -0.2) is 40.5 Å². The quantitative estimate of drug-likeness (QED) is 0.784. The average Bonchev–Trinajstić information content (AvgIpc) is 2.69. The number of amides is 2. The Morgan fingerprint density at radius 1 is 1.08 bits per heavy atom. The van der Waals surface area contributed by atoms with Gasteiger partial charge in [0.15, 0.2) is 0 Å². The van der Waals surface area contributed by atoms with Crippen LogP contribution in [0.3, 0.4) is 0 Å². The molecule has 0 atom stereocenters. The van der Waals surface area contributed by atoms with Gasteiger partial charge in [-0.3, -0.25) is 9.59 Å². The Labute approximate surface area is 158 Å². The zero-order valence-corrected chi connectivity index (χ0v) is 15.6. The third kappa shape index (κ3) is 4.35. The average molecular weight is 366 g/mol. The van der Waals surface area contributed by atoms with Gasteiger partial charge in [0.05, 0.1) is 11.4 Å². The molecule has 0 spiro atoms. The summed E-state index contributed by atoms with van der Waals surface area (Å²) in [6.07, 6.45) is 0. The van der Waals surface area contributed by atoms with E-state index in [0.717, 1.165) is 16.8 Å². The maximum absolute atomic E-state index is 12.9. The lowest BCUT2D eigenvalue weighted by Crippen LogP contribution is -2.43. The SMILES string of the molecule is CCN(Cc1ccccc1)C(=O)CN1C(=O)CSC=C1c1ccccc1. The number of benzene rings is 2. The van der Waals surface area contributed by atoms with Crippen molar-refractivity contribution in [3.8, 4) is 0 Å². The highest BCUT2D eigenvalue weighted by Crippen LogP contribution is 2.28. The Morgan fingerprint density at radius 3 is 2.38 bits per heavy atom. The van der Waals surface area contributed by atoms with Gasteiger partial charge >= 0.3 is 0 Å². The Morgan fingerprint density at radius 2 is 1.73 bits per heavy atom. The van der Waals surface area contributed by atoms with E-state index in [0.29, 0.717) is 18.8 Å². The van der Waals surface area contributed by atoms with Gasteiger partial charge in [-0.05, 0) is 23.5 Å². The first-order valence-corrected chi connectivity index (χ1v) is 9.73. The summed E-state index contributed by atoms with van der Waals surface area (Å²) in [5.41, 5.74) is 2.84. The van der Waals surface area contributed by atoms with Gasteiger partial charge in [0.2, 0.25) is 11.8 Å². The van der Waals surface area contributed by atoms with Crippen molar-refractivity contribution in [1.82, 2.24) is 9.80 Å². The normalized spacial score (nSPS) is 14.1. The number of hydrogen-bond acceptors (Lipinski definition) is 3. The molecule has 2 aromatic rings. The number of hydrogen-bond donors (Lipinski definition) is 0. The van der Waals surface area contributed by atoms with Crippen LogP contribution in [0.5, 0.6) is 0 Å². The Kier molecular flexibility index (Phi) is 6.12. The summed E-state index contributed by atoms with van der Waals surface area (Å²) in [4.78, 5) is 28.7. The van der Waals surface area contributed by atoms with E-state index in [1.807, 2.05) is 73.0 Å². The van der Waals surface area contributed by atoms with Crippen molar-refractivity contribution in [1.29, 1.82) is 0 Å². The van der Waals surface area contributed by atoms with Crippen LogP contribution in [-0.2, 0) is 16.1 Å². The minimum absolute atomic E-state index is 0.0273. The van der Waals surface area contributed by atoms with Crippen molar-refractivity contribution in [2.75, 3.05) is 18.8 Å². The van der Waals surface area contributed by atoms with Crippen molar-refractivity contribution in [2.45, 2.75) is 13.5 Å². The van der Waals surface area contributed by atoms with Gasteiger partial charge in [-0.2, -0.15) is 0 Å². The summed E-state index contributed by atoms with van der Waals surface area (Å²) in [6, 6.07) is 19.7. The number of carbonyl (C=O) groups is 2. The molecule has 4 nitrogen and oxygen atoms in total. The van der Waals surface area contributed by atoms with Crippen molar-refractivity contribution < 1.29 is 9.59 Å². The smallest absolute Gasteiger partial charge is 0.242 e. The van der Waals surface area contributed by atoms with E-state index < -0.39 is 0 Å². The molecule has 0 aliphatic carbocycles. The molecule has 0 aromatic heterocycles. The van der Waals surface area contributed by atoms with E-state index in [2.05, 4.69) is 0 Å². The summed E-state index contributed by atoms with van der Waals surface area (Å²) < 4.78 is 0. The van der Waals surface area contributed by atoms with E-state index in [4.69, 9.17) is 0 Å². The molecule has 1 aliphatic rings. The standard InChI is InChI=1S/C21H22N2O2S/c1-2-22(13-17-9-5-3-6-10-17)20(24)14-23-19(15-26-16-21(23)25)18-11-7-4-8-12-18/h3-12,15H,2,13-14,16H2,1H3. The molecule has 0 saturated heterocycles. The lowest BCUT2D eigenvalue weighted by Gasteiger charge is -2.30. The number of likely N-dealkylation sites (N-methyl/N-ethyl adjacent to an activating group) is 1. The molecule has 0 radical (unpaired) electrons. The van der Waals surface area contributed by atoms with Gasteiger partial charge in [0.25, 0.3) is 0 Å². The van der Waals surface area contributed by atoms with Crippen LogP contribution in [0.4, 0.5) is 0 Å². The summed E-state index contributed by atoms with van der Waals surface area (Å²) >= 11 is 1.48. The summed E-state index contributed by atoms with van der Waals surface area (Å²) in [6.45, 7) is 3.19. The van der Waals surface area contributed by atoms with Gasteiger partial charge in [0, 0.05) is 13.1 Å². The summed E-state index contributed by atoms with van der Waals surface area (Å²) in [5, 5.41) is 1.97. The second kappa shape index (κ2) is 8.72. The Balaban J connectivity index is 1.76. The van der Waals surface area contributed by atoms with Crippen LogP contribution in [0.15, 0.2) is 66.1 Å². The van der Waals surface area contributed by atoms with E-state index >= 15 is 0 Å². The van der Waals surface area contributed by atoms with E-state index in [1.54, 1.807) is 9.80 Å². The Hall–Kier alpha value is -2.53. The molecule has 0 saturated carbocycles. The molecule has 134 valence electrons. The maximum Gasteiger partial charge on any atom is 0.242 e. The molecular weight excluding hydrogens is 344 g/mol. The van der Waals surface area contributed by atoms with Crippen molar-refractivity contribution in [3.05, 3.63) is 77.2 Å². The van der Waals surface area contributed by atoms with E-state index in [9.17, 15) is 9.59 Å². The minimum Gasteiger partial charge on any atom is -0.337 e. The fourth-order valence-corrected chi connectivity index (χ4v) is 3.69. The second-order valence-electron chi connectivity index (χ2n) is 6.05. The number of rotatable bonds is 6. The fourth-order valence-electron chi connectivity index (χ4n) is 2.89. The molecule has 3 rings (SSSR count). The molecule has 0 unspecified atom stereocenters. The van der Waals surface area contributed by atoms with E-state index in [-0.39, 0.29) is 18.4 Å². The van der Waals surface area contributed by atoms with Gasteiger partial charge in [-0.1, -0.05) is 60.7 Å². The molecule has 2 amide bonds. The fraction of sp³-hybridized carbons (Fsp3) is 0.238. The van der Waals surface area contributed by atoms with Crippen molar-refractivity contribution in [3.63, 3.8) is 0 Å². The molecule has 0 bridgehead atoms. The topological polar surface area (TPSA) is 40.6 Å². The monoisotopic (exact) mass is 366 g/mol. The van der Waals surface area contributed by atoms with Crippen LogP contribution in [0.2, 0.25) is 0 Å². The summed E-state index contributed by atoms with van der Waals surface area (Å²) in [5.74, 6) is 0.299. The van der Waals surface area contributed by atoms with Crippen LogP contribution >= 0.6 is 11.8 Å². The number of carbonyl (C=O) groups excluding carboxylic acids is 2. The molecule has 0 fully saturated rings. The second-order valence-corrected chi connectivity index (χ2v) is 6.91. The first kappa shape index (κ1) is 18.3. The molecule has 26 heavy (non-hydrogen) atoms. The Bertz CT molecular complexity index is 790. The van der Waals surface area contributed by atoms with Crippen LogP contribution in [0.1, 0.15) is 18.1 Å². The van der Waals surface area contributed by atoms with E-state index in [1.165, 1.54) is 11.8 Å². The van der Waals surface area contributed by atoms with Crippen molar-refractivity contribution >= 4 is 29.3 Å². The predicted octanol–water partition coefficient (Wildman–Crippen LogP) is 3.61. The minimum atomic E-state index is -0.0431. The summed E-state index contributed by atoms with van der Waals surface area (Å²) in [7, 11) is 0. The number of thioether (sulfide) groups is 1. The molecule has 1 heterocycles. The molecule has 5 heteroatoms. The molecule has 1 aliphatic heterocycles. The first-order chi connectivity index (χ1) is 12.7. The zero-order valence-electron chi connectivity index (χ0n) is 14.8. The third-order valence-corrected chi connectivity index (χ3v) is 5.11.